The standard InChI is InChI=1S/C14H24BrN3O/c1-4-12-14(15)13(17(3)16-12)10-18-8-6-7-11(9-18)19-5-2/h11H,4-10H2,1-3H3. The molecule has 0 radical (unpaired) electrons. The summed E-state index contributed by atoms with van der Waals surface area (Å²) in [7, 11) is 2.03. The lowest BCUT2D eigenvalue weighted by Crippen LogP contribution is -2.39. The molecule has 1 fully saturated rings. The zero-order valence-electron chi connectivity index (χ0n) is 12.2. The predicted molar refractivity (Wildman–Crippen MR) is 80.2 cm³/mol. The van der Waals surface area contributed by atoms with Gasteiger partial charge in [-0.1, -0.05) is 6.92 Å². The molecule has 0 amide bonds. The second-order valence-electron chi connectivity index (χ2n) is 5.14. The van der Waals surface area contributed by atoms with Crippen LogP contribution in [0.5, 0.6) is 0 Å². The molecule has 1 saturated heterocycles. The van der Waals surface area contributed by atoms with Crippen molar-refractivity contribution in [2.75, 3.05) is 19.7 Å². The van der Waals surface area contributed by atoms with Gasteiger partial charge in [-0.05, 0) is 48.7 Å². The van der Waals surface area contributed by atoms with E-state index < -0.39 is 0 Å². The molecule has 0 bridgehead atoms. The number of piperidine rings is 1. The third-order valence-corrected chi connectivity index (χ3v) is 4.66. The number of aryl methyl sites for hydroxylation is 2. The largest absolute Gasteiger partial charge is 0.377 e. The van der Waals surface area contributed by atoms with Crippen LogP contribution < -0.4 is 0 Å². The summed E-state index contributed by atoms with van der Waals surface area (Å²) in [6, 6.07) is 0. The van der Waals surface area contributed by atoms with Gasteiger partial charge in [0, 0.05) is 26.7 Å². The Balaban J connectivity index is 2.02. The maximum absolute atomic E-state index is 5.76. The highest BCUT2D eigenvalue weighted by molar-refractivity contribution is 9.10. The van der Waals surface area contributed by atoms with Gasteiger partial charge in [0.2, 0.25) is 0 Å². The van der Waals surface area contributed by atoms with Crippen molar-refractivity contribution in [3.8, 4) is 0 Å². The summed E-state index contributed by atoms with van der Waals surface area (Å²) in [6.45, 7) is 8.17. The van der Waals surface area contributed by atoms with E-state index >= 15 is 0 Å². The maximum atomic E-state index is 5.76. The van der Waals surface area contributed by atoms with Gasteiger partial charge in [-0.2, -0.15) is 5.10 Å². The Morgan fingerprint density at radius 3 is 2.84 bits per heavy atom. The van der Waals surface area contributed by atoms with Crippen LogP contribution in [0.2, 0.25) is 0 Å². The first-order chi connectivity index (χ1) is 9.15. The van der Waals surface area contributed by atoms with Crippen LogP contribution in [0, 0.1) is 0 Å². The number of hydrogen-bond acceptors (Lipinski definition) is 3. The molecule has 2 heterocycles. The van der Waals surface area contributed by atoms with Crippen molar-refractivity contribution in [3.63, 3.8) is 0 Å². The zero-order chi connectivity index (χ0) is 13.8. The Morgan fingerprint density at radius 2 is 2.21 bits per heavy atom. The van der Waals surface area contributed by atoms with Crippen molar-refractivity contribution in [3.05, 3.63) is 15.9 Å². The Bertz CT molecular complexity index is 417. The lowest BCUT2D eigenvalue weighted by atomic mass is 10.1. The minimum atomic E-state index is 0.399. The molecule has 0 aromatic carbocycles. The quantitative estimate of drug-likeness (QED) is 0.832. The first-order valence-corrected chi connectivity index (χ1v) is 7.99. The highest BCUT2D eigenvalue weighted by atomic mass is 79.9. The lowest BCUT2D eigenvalue weighted by Gasteiger charge is -2.32. The van der Waals surface area contributed by atoms with Crippen LogP contribution >= 0.6 is 15.9 Å². The van der Waals surface area contributed by atoms with E-state index in [1.165, 1.54) is 23.0 Å². The number of nitrogens with zero attached hydrogens (tertiary/aromatic N) is 3. The summed E-state index contributed by atoms with van der Waals surface area (Å²) < 4.78 is 8.95. The predicted octanol–water partition coefficient (Wildman–Crippen LogP) is 2.75. The van der Waals surface area contributed by atoms with Crippen LogP contribution in [-0.4, -0.2) is 40.5 Å². The Hall–Kier alpha value is -0.390. The van der Waals surface area contributed by atoms with Crippen molar-refractivity contribution in [2.45, 2.75) is 45.8 Å². The molecule has 0 saturated carbocycles. The number of ether oxygens (including phenoxy) is 1. The monoisotopic (exact) mass is 329 g/mol. The fraction of sp³-hybridized carbons (Fsp3) is 0.786. The second kappa shape index (κ2) is 6.86. The van der Waals surface area contributed by atoms with Crippen LogP contribution in [0.15, 0.2) is 4.47 Å². The molecule has 1 aromatic heterocycles. The lowest BCUT2D eigenvalue weighted by molar-refractivity contribution is 0.00297. The maximum Gasteiger partial charge on any atom is 0.0767 e. The van der Waals surface area contributed by atoms with Gasteiger partial charge in [0.05, 0.1) is 22.0 Å². The van der Waals surface area contributed by atoms with Crippen LogP contribution in [-0.2, 0) is 24.8 Å². The van der Waals surface area contributed by atoms with E-state index in [1.807, 2.05) is 11.7 Å². The van der Waals surface area contributed by atoms with Gasteiger partial charge in [-0.3, -0.25) is 9.58 Å². The van der Waals surface area contributed by atoms with E-state index in [-0.39, 0.29) is 0 Å². The summed E-state index contributed by atoms with van der Waals surface area (Å²) in [5.41, 5.74) is 2.42. The molecule has 1 unspecified atom stereocenters. The van der Waals surface area contributed by atoms with Gasteiger partial charge in [-0.15, -0.1) is 0 Å². The summed E-state index contributed by atoms with van der Waals surface area (Å²) in [5.74, 6) is 0. The van der Waals surface area contributed by atoms with Gasteiger partial charge in [0.1, 0.15) is 0 Å². The average Bonchev–Trinajstić information content (AvgIpc) is 2.67. The third-order valence-electron chi connectivity index (χ3n) is 3.74. The van der Waals surface area contributed by atoms with E-state index in [1.54, 1.807) is 0 Å². The molecule has 0 aliphatic carbocycles. The number of aromatic nitrogens is 2. The summed E-state index contributed by atoms with van der Waals surface area (Å²) in [5, 5.41) is 4.56. The Morgan fingerprint density at radius 1 is 1.42 bits per heavy atom. The van der Waals surface area contributed by atoms with E-state index in [9.17, 15) is 0 Å². The summed E-state index contributed by atoms with van der Waals surface area (Å²) >= 11 is 3.69. The van der Waals surface area contributed by atoms with Gasteiger partial charge >= 0.3 is 0 Å². The minimum absolute atomic E-state index is 0.399. The van der Waals surface area contributed by atoms with E-state index in [0.717, 1.165) is 38.4 Å². The number of halogens is 1. The number of rotatable bonds is 5. The molecule has 19 heavy (non-hydrogen) atoms. The normalized spacial score (nSPS) is 20.9. The Kier molecular flexibility index (Phi) is 5.42. The zero-order valence-corrected chi connectivity index (χ0v) is 13.7. The SMILES string of the molecule is CCOC1CCCN(Cc2c(Br)c(CC)nn2C)C1. The van der Waals surface area contributed by atoms with Crippen molar-refractivity contribution in [2.24, 2.45) is 7.05 Å². The van der Waals surface area contributed by atoms with Crippen molar-refractivity contribution < 1.29 is 4.74 Å². The first-order valence-electron chi connectivity index (χ1n) is 7.19. The summed E-state index contributed by atoms with van der Waals surface area (Å²) in [6.07, 6.45) is 3.78. The molecule has 4 nitrogen and oxygen atoms in total. The van der Waals surface area contributed by atoms with Gasteiger partial charge < -0.3 is 4.74 Å². The fourth-order valence-electron chi connectivity index (χ4n) is 2.73. The van der Waals surface area contributed by atoms with Crippen LogP contribution in [0.25, 0.3) is 0 Å². The van der Waals surface area contributed by atoms with Crippen LogP contribution in [0.3, 0.4) is 0 Å². The molecule has 0 N–H and O–H groups in total. The molecule has 0 spiro atoms. The number of likely N-dealkylation sites (tertiary alicyclic amines) is 1. The highest BCUT2D eigenvalue weighted by Gasteiger charge is 2.22. The fourth-order valence-corrected chi connectivity index (χ4v) is 3.47. The minimum Gasteiger partial charge on any atom is -0.377 e. The molecule has 1 aliphatic rings. The van der Waals surface area contributed by atoms with Crippen LogP contribution in [0.1, 0.15) is 38.1 Å². The van der Waals surface area contributed by atoms with Crippen molar-refractivity contribution in [1.82, 2.24) is 14.7 Å². The molecule has 1 aromatic rings. The van der Waals surface area contributed by atoms with Gasteiger partial charge in [-0.25, -0.2) is 0 Å². The second-order valence-corrected chi connectivity index (χ2v) is 5.93. The molecular weight excluding hydrogens is 306 g/mol. The first kappa shape index (κ1) is 15.0. The Labute approximate surface area is 124 Å². The number of hydrogen-bond donors (Lipinski definition) is 0. The topological polar surface area (TPSA) is 30.3 Å². The highest BCUT2D eigenvalue weighted by Crippen LogP contribution is 2.24. The van der Waals surface area contributed by atoms with Crippen molar-refractivity contribution >= 4 is 15.9 Å². The van der Waals surface area contributed by atoms with Crippen LogP contribution in [0.4, 0.5) is 0 Å². The van der Waals surface area contributed by atoms with E-state index in [2.05, 4.69) is 39.8 Å². The van der Waals surface area contributed by atoms with Gasteiger partial charge in [0.25, 0.3) is 0 Å². The molecule has 1 aliphatic heterocycles. The van der Waals surface area contributed by atoms with Crippen molar-refractivity contribution in [1.29, 1.82) is 0 Å². The van der Waals surface area contributed by atoms with E-state index in [4.69, 9.17) is 4.74 Å². The summed E-state index contributed by atoms with van der Waals surface area (Å²) in [4.78, 5) is 2.48. The average molecular weight is 330 g/mol. The molecule has 108 valence electrons. The molecular formula is C14H24BrN3O. The van der Waals surface area contributed by atoms with Gasteiger partial charge in [0.15, 0.2) is 0 Å². The molecule has 5 heteroatoms. The molecule has 1 atom stereocenters. The van der Waals surface area contributed by atoms with E-state index in [0.29, 0.717) is 6.10 Å². The third kappa shape index (κ3) is 3.58. The molecule has 2 rings (SSSR count). The smallest absolute Gasteiger partial charge is 0.0767 e.